The minimum Gasteiger partial charge on any atom is -0.418 e. The van der Waals surface area contributed by atoms with Crippen molar-refractivity contribution >= 4 is 17.3 Å². The van der Waals surface area contributed by atoms with E-state index in [1.807, 2.05) is 0 Å². The number of alkyl halides is 18. The maximum atomic E-state index is 13.0. The fourth-order valence-electron chi connectivity index (χ4n) is 1.53. The van der Waals surface area contributed by atoms with Crippen LogP contribution in [0.5, 0.6) is 0 Å². The Morgan fingerprint density at radius 2 is 0.550 bits per heavy atom. The summed E-state index contributed by atoms with van der Waals surface area (Å²) in [6, 6.07) is 0. The predicted octanol–water partition coefficient (Wildman–Crippen LogP) is 6.05. The van der Waals surface area contributed by atoms with E-state index in [0.29, 0.717) is 0 Å². The molecule has 0 atom stereocenters. The Morgan fingerprint density at radius 1 is 0.375 bits per heavy atom. The van der Waals surface area contributed by atoms with Gasteiger partial charge in [0.05, 0.1) is 0 Å². The molecule has 0 fully saturated rings. The van der Waals surface area contributed by atoms with Crippen LogP contribution in [0.4, 0.5) is 79.0 Å². The van der Waals surface area contributed by atoms with E-state index in [0.717, 1.165) is 0 Å². The molecule has 0 unspecified atom stereocenters. The third-order valence-corrected chi connectivity index (χ3v) is 3.13. The van der Waals surface area contributed by atoms with Gasteiger partial charge in [-0.05, 0) is 0 Å². The molecule has 0 aromatic carbocycles. The molecule has 0 aromatic rings. The van der Waals surface area contributed by atoms with E-state index in [9.17, 15) is 93.4 Å². The molecule has 0 spiro atoms. The van der Waals surface area contributed by atoms with Crippen LogP contribution in [0.2, 0.25) is 0 Å². The lowest BCUT2D eigenvalue weighted by Gasteiger charge is -2.26. The number of hydrogen-bond donors (Lipinski definition) is 0. The summed E-state index contributed by atoms with van der Waals surface area (Å²) in [5.41, 5.74) is 0. The first-order valence-electron chi connectivity index (χ1n) is 8.57. The second kappa shape index (κ2) is 11.9. The van der Waals surface area contributed by atoms with E-state index < -0.39 is 96.4 Å². The quantitative estimate of drug-likeness (QED) is 0.133. The molecule has 0 bridgehead atoms. The molecule has 0 amide bonds. The van der Waals surface area contributed by atoms with Crippen LogP contribution in [0.15, 0.2) is 35.5 Å². The van der Waals surface area contributed by atoms with Crippen LogP contribution in [0.3, 0.4) is 0 Å². The van der Waals surface area contributed by atoms with Crippen molar-refractivity contribution in [3.8, 4) is 0 Å². The molecule has 6 nitrogen and oxygen atoms in total. The number of carbonyl (C=O) groups excluding carboxylic acids is 3. The average molecular weight is 634 g/mol. The number of carbonyl (C=O) groups is 3. The van der Waals surface area contributed by atoms with Crippen molar-refractivity contribution in [2.24, 2.45) is 0 Å². The average Bonchev–Trinajstić information content (AvgIpc) is 2.67. The Labute approximate surface area is 205 Å². The van der Waals surface area contributed by atoms with Crippen molar-refractivity contribution < 1.29 is 108 Å². The highest BCUT2D eigenvalue weighted by Gasteiger charge is 2.49. The lowest BCUT2D eigenvalue weighted by atomic mass is 10.3. The van der Waals surface area contributed by atoms with Gasteiger partial charge in [0, 0.05) is 18.2 Å². The van der Waals surface area contributed by atoms with Crippen LogP contribution < -0.4 is 0 Å². The van der Waals surface area contributed by atoms with E-state index in [4.69, 9.17) is 0 Å². The van der Waals surface area contributed by atoms with Gasteiger partial charge in [-0.3, -0.25) is 14.4 Å². The minimum absolute atomic E-state index is 1.69. The van der Waals surface area contributed by atoms with Crippen LogP contribution >= 0.6 is 0 Å². The van der Waals surface area contributed by atoms with Gasteiger partial charge in [-0.2, -0.15) is 79.0 Å². The van der Waals surface area contributed by atoms with E-state index in [1.54, 1.807) is 0 Å². The molecule has 24 heteroatoms. The highest BCUT2D eigenvalue weighted by atomic mass is 19.4. The van der Waals surface area contributed by atoms with Crippen LogP contribution in [-0.4, -0.2) is 60.9 Å². The number of ether oxygens (including phenoxy) is 3. The third kappa shape index (κ3) is 12.0. The molecule has 0 saturated heterocycles. The molecule has 0 aliphatic heterocycles. The zero-order chi connectivity index (χ0) is 32.3. The van der Waals surface area contributed by atoms with Crippen molar-refractivity contribution in [1.82, 2.24) is 0 Å². The summed E-state index contributed by atoms with van der Waals surface area (Å²) in [4.78, 5) is 32.4. The Bertz CT molecular complexity index is 912. The van der Waals surface area contributed by atoms with Crippen LogP contribution in [0.25, 0.3) is 0 Å². The first kappa shape index (κ1) is 36.4. The highest BCUT2D eigenvalue weighted by molar-refractivity contribution is 5.95. The normalized spacial score (nSPS) is 15.2. The number of ketones is 3. The molecular formula is C16H4F18O6. The van der Waals surface area contributed by atoms with E-state index in [2.05, 4.69) is 14.2 Å². The number of halogens is 18. The summed E-state index contributed by atoms with van der Waals surface area (Å²) < 4.78 is 237. The molecule has 0 saturated carbocycles. The molecule has 0 aromatic heterocycles. The van der Waals surface area contributed by atoms with Gasteiger partial charge in [-0.15, -0.1) is 0 Å². The second-order valence-corrected chi connectivity index (χ2v) is 6.25. The Morgan fingerprint density at radius 3 is 0.675 bits per heavy atom. The number of rotatable bonds is 9. The lowest BCUT2D eigenvalue weighted by molar-refractivity contribution is -0.297. The lowest BCUT2D eigenvalue weighted by Crippen LogP contribution is -2.34. The Balaban J connectivity index is 7.14. The monoisotopic (exact) mass is 634 g/mol. The molecule has 0 aliphatic carbocycles. The summed E-state index contributed by atoms with van der Waals surface area (Å²) in [5.74, 6) is -21.3. The van der Waals surface area contributed by atoms with Crippen LogP contribution in [-0.2, 0) is 28.6 Å². The molecule has 0 radical (unpaired) electrons. The SMILES string of the molecule is O=C(/C=C(\OC(O/C(=C/C(=O)C(F)(F)F)C(F)(F)F)O/C(=C/C(=O)C(F)(F)F)C(F)(F)F)C(F)(F)F)C(F)(F)F. The molecule has 230 valence electrons. The summed E-state index contributed by atoms with van der Waals surface area (Å²) in [6.07, 6.45) is -43.3. The smallest absolute Gasteiger partial charge is 0.418 e. The largest absolute Gasteiger partial charge is 0.454 e. The van der Waals surface area contributed by atoms with Crippen molar-refractivity contribution in [3.05, 3.63) is 35.5 Å². The van der Waals surface area contributed by atoms with Crippen molar-refractivity contribution in [2.45, 2.75) is 43.5 Å². The van der Waals surface area contributed by atoms with Crippen molar-refractivity contribution in [3.63, 3.8) is 0 Å². The molecule has 40 heavy (non-hydrogen) atoms. The van der Waals surface area contributed by atoms with Crippen molar-refractivity contribution in [1.29, 1.82) is 0 Å². The van der Waals surface area contributed by atoms with Gasteiger partial charge in [-0.25, -0.2) is 0 Å². The van der Waals surface area contributed by atoms with Gasteiger partial charge < -0.3 is 14.2 Å². The van der Waals surface area contributed by atoms with Crippen LogP contribution in [0.1, 0.15) is 0 Å². The third-order valence-electron chi connectivity index (χ3n) is 3.13. The standard InChI is InChI=1S/C16H4F18O6/c17-11(18,19)4(35)1-7(14(26,27)28)38-10(39-8(15(29,30)31)2-5(36)12(20,21)22)40-9(16(32,33)34)3-6(37)13(23,24)25/h1-3,10H/b7-1-,8-2+,9-3+. The van der Waals surface area contributed by atoms with Gasteiger partial charge in [-0.1, -0.05) is 0 Å². The topological polar surface area (TPSA) is 78.9 Å². The van der Waals surface area contributed by atoms with Gasteiger partial charge in [0.25, 0.3) is 17.3 Å². The van der Waals surface area contributed by atoms with Crippen molar-refractivity contribution in [2.75, 3.05) is 0 Å². The maximum Gasteiger partial charge on any atom is 0.454 e. The summed E-state index contributed by atoms with van der Waals surface area (Å²) >= 11 is 0. The predicted molar refractivity (Wildman–Crippen MR) is 82.6 cm³/mol. The molecule has 0 aliphatic rings. The van der Waals surface area contributed by atoms with E-state index >= 15 is 0 Å². The Kier molecular flexibility index (Phi) is 10.8. The zero-order valence-corrected chi connectivity index (χ0v) is 17.6. The first-order chi connectivity index (χ1) is 17.4. The zero-order valence-electron chi connectivity index (χ0n) is 17.6. The van der Waals surface area contributed by atoms with E-state index in [-0.39, 0.29) is 0 Å². The summed E-state index contributed by atoms with van der Waals surface area (Å²) in [6.45, 7) is -4.64. The summed E-state index contributed by atoms with van der Waals surface area (Å²) in [7, 11) is 0. The second-order valence-electron chi connectivity index (χ2n) is 6.25. The number of allylic oxidation sites excluding steroid dienone is 6. The van der Waals surface area contributed by atoms with Crippen LogP contribution in [0, 0.1) is 0 Å². The van der Waals surface area contributed by atoms with E-state index in [1.165, 1.54) is 0 Å². The van der Waals surface area contributed by atoms with Gasteiger partial charge in [0.1, 0.15) is 0 Å². The minimum atomic E-state index is -6.50. The van der Waals surface area contributed by atoms with Gasteiger partial charge >= 0.3 is 43.5 Å². The molecular weight excluding hydrogens is 630 g/mol. The fraction of sp³-hybridized carbons (Fsp3) is 0.438. The number of hydrogen-bond acceptors (Lipinski definition) is 6. The molecule has 0 heterocycles. The van der Waals surface area contributed by atoms with Gasteiger partial charge in [0.2, 0.25) is 17.3 Å². The highest BCUT2D eigenvalue weighted by Crippen LogP contribution is 2.36. The molecule has 0 N–H and O–H groups in total. The van der Waals surface area contributed by atoms with Gasteiger partial charge in [0.15, 0.2) is 0 Å². The molecule has 0 rings (SSSR count). The Hall–Kier alpha value is -3.63. The fourth-order valence-corrected chi connectivity index (χ4v) is 1.53. The maximum absolute atomic E-state index is 13.0. The first-order valence-corrected chi connectivity index (χ1v) is 8.57. The summed E-state index contributed by atoms with van der Waals surface area (Å²) in [5, 5.41) is 0.